The van der Waals surface area contributed by atoms with E-state index in [0.29, 0.717) is 29.8 Å². The maximum Gasteiger partial charge on any atom is 0.246 e. The minimum Gasteiger partial charge on any atom is -0.353 e. The first-order chi connectivity index (χ1) is 12.2. The number of nitrogens with one attached hydrogen (secondary N) is 2. The number of benzene rings is 2. The Labute approximate surface area is 150 Å². The van der Waals surface area contributed by atoms with Crippen LogP contribution in [0.4, 0.5) is 5.69 Å². The van der Waals surface area contributed by atoms with Gasteiger partial charge >= 0.3 is 0 Å². The summed E-state index contributed by atoms with van der Waals surface area (Å²) in [5.41, 5.74) is 2.71. The normalized spacial score (nSPS) is 10.0. The standard InChI is InChI=1S/C18H15N5OS/c19-11-10-13-6-8-15(9-7-13)21-18(25)20-12-16-22-17(23-24-16)14-4-2-1-3-5-14/h1-9H,10,12H2,(H2,20,21,25). The molecule has 1 heterocycles. The van der Waals surface area contributed by atoms with Crippen LogP contribution in [0.1, 0.15) is 11.5 Å². The Hall–Kier alpha value is -3.24. The Kier molecular flexibility index (Phi) is 5.34. The third kappa shape index (κ3) is 4.62. The van der Waals surface area contributed by atoms with Gasteiger partial charge in [-0.2, -0.15) is 10.2 Å². The van der Waals surface area contributed by atoms with Crippen LogP contribution in [0.25, 0.3) is 11.4 Å². The van der Waals surface area contributed by atoms with Crippen molar-refractivity contribution in [2.24, 2.45) is 0 Å². The lowest BCUT2D eigenvalue weighted by atomic mass is 10.1. The lowest BCUT2D eigenvalue weighted by Crippen LogP contribution is -2.28. The Morgan fingerprint density at radius 1 is 1.12 bits per heavy atom. The summed E-state index contributed by atoms with van der Waals surface area (Å²) >= 11 is 5.26. The number of hydrogen-bond donors (Lipinski definition) is 2. The van der Waals surface area contributed by atoms with Crippen molar-refractivity contribution in [1.29, 1.82) is 5.26 Å². The van der Waals surface area contributed by atoms with Crippen molar-refractivity contribution in [3.63, 3.8) is 0 Å². The van der Waals surface area contributed by atoms with Crippen LogP contribution >= 0.6 is 12.2 Å². The quantitative estimate of drug-likeness (QED) is 0.683. The zero-order valence-electron chi connectivity index (χ0n) is 13.3. The number of hydrogen-bond acceptors (Lipinski definition) is 5. The molecule has 124 valence electrons. The molecule has 6 nitrogen and oxygen atoms in total. The third-order valence-electron chi connectivity index (χ3n) is 3.40. The maximum absolute atomic E-state index is 8.67. The van der Waals surface area contributed by atoms with E-state index in [2.05, 4.69) is 26.8 Å². The van der Waals surface area contributed by atoms with Crippen LogP contribution in [-0.4, -0.2) is 15.3 Å². The van der Waals surface area contributed by atoms with Gasteiger partial charge in [0.25, 0.3) is 0 Å². The molecule has 7 heteroatoms. The van der Waals surface area contributed by atoms with E-state index in [1.54, 1.807) is 0 Å². The first-order valence-corrected chi connectivity index (χ1v) is 8.04. The molecule has 0 spiro atoms. The fourth-order valence-corrected chi connectivity index (χ4v) is 2.35. The number of anilines is 1. The van der Waals surface area contributed by atoms with E-state index in [-0.39, 0.29) is 0 Å². The molecule has 0 saturated carbocycles. The molecule has 3 aromatic rings. The van der Waals surface area contributed by atoms with E-state index in [1.165, 1.54) is 0 Å². The van der Waals surface area contributed by atoms with Crippen molar-refractivity contribution in [2.45, 2.75) is 13.0 Å². The van der Waals surface area contributed by atoms with Gasteiger partial charge < -0.3 is 15.2 Å². The second-order valence-electron chi connectivity index (χ2n) is 5.22. The molecule has 0 atom stereocenters. The molecule has 3 rings (SSSR count). The summed E-state index contributed by atoms with van der Waals surface area (Å²) in [6, 6.07) is 19.3. The molecule has 0 aliphatic rings. The molecule has 0 aliphatic heterocycles. The molecular formula is C18H15N5OS. The number of nitrogens with zero attached hydrogens (tertiary/aromatic N) is 3. The Morgan fingerprint density at radius 3 is 2.60 bits per heavy atom. The minimum absolute atomic E-state index is 0.332. The summed E-state index contributed by atoms with van der Waals surface area (Å²) in [5, 5.41) is 19.2. The van der Waals surface area contributed by atoms with E-state index in [9.17, 15) is 0 Å². The van der Waals surface area contributed by atoms with Crippen LogP contribution < -0.4 is 10.6 Å². The molecule has 0 amide bonds. The monoisotopic (exact) mass is 349 g/mol. The second-order valence-corrected chi connectivity index (χ2v) is 5.63. The van der Waals surface area contributed by atoms with Crippen LogP contribution in [0.2, 0.25) is 0 Å². The second kappa shape index (κ2) is 8.04. The molecule has 0 bridgehead atoms. The average molecular weight is 349 g/mol. The Morgan fingerprint density at radius 2 is 1.88 bits per heavy atom. The zero-order valence-corrected chi connectivity index (χ0v) is 14.1. The van der Waals surface area contributed by atoms with E-state index in [0.717, 1.165) is 16.8 Å². The summed E-state index contributed by atoms with van der Waals surface area (Å²) in [4.78, 5) is 4.33. The number of nitriles is 1. The summed E-state index contributed by atoms with van der Waals surface area (Å²) in [6.07, 6.45) is 0.393. The topological polar surface area (TPSA) is 86.8 Å². The molecule has 2 N–H and O–H groups in total. The van der Waals surface area contributed by atoms with Gasteiger partial charge in [0.05, 0.1) is 19.0 Å². The smallest absolute Gasteiger partial charge is 0.246 e. The summed E-state index contributed by atoms with van der Waals surface area (Å²) < 4.78 is 5.22. The van der Waals surface area contributed by atoms with Gasteiger partial charge in [0.2, 0.25) is 11.7 Å². The van der Waals surface area contributed by atoms with Crippen molar-refractivity contribution in [1.82, 2.24) is 15.5 Å². The van der Waals surface area contributed by atoms with Crippen molar-refractivity contribution in [3.8, 4) is 17.5 Å². The van der Waals surface area contributed by atoms with E-state index in [1.807, 2.05) is 54.6 Å². The summed E-state index contributed by atoms with van der Waals surface area (Å²) in [6.45, 7) is 0.332. The number of aromatic nitrogens is 2. The molecule has 0 aliphatic carbocycles. The molecule has 0 radical (unpaired) electrons. The van der Waals surface area contributed by atoms with Gasteiger partial charge in [-0.1, -0.05) is 47.6 Å². The number of thiocarbonyl (C=S) groups is 1. The lowest BCUT2D eigenvalue weighted by Gasteiger charge is -2.09. The van der Waals surface area contributed by atoms with Crippen molar-refractivity contribution >= 4 is 23.0 Å². The van der Waals surface area contributed by atoms with Crippen molar-refractivity contribution in [3.05, 3.63) is 66.1 Å². The van der Waals surface area contributed by atoms with Crippen LogP contribution in [0.15, 0.2) is 59.1 Å². The predicted molar refractivity (Wildman–Crippen MR) is 98.6 cm³/mol. The molecule has 0 unspecified atom stereocenters. The van der Waals surface area contributed by atoms with Crippen LogP contribution in [0.3, 0.4) is 0 Å². The highest BCUT2D eigenvalue weighted by Crippen LogP contribution is 2.14. The summed E-state index contributed by atoms with van der Waals surface area (Å²) in [7, 11) is 0. The molecule has 0 saturated heterocycles. The predicted octanol–water partition coefficient (Wildman–Crippen LogP) is 3.29. The van der Waals surface area contributed by atoms with Gasteiger partial charge in [0.1, 0.15) is 0 Å². The molecular weight excluding hydrogens is 334 g/mol. The SMILES string of the molecule is N#CCc1ccc(NC(=S)NCc2nc(-c3ccccc3)no2)cc1. The van der Waals surface area contributed by atoms with Crippen LogP contribution in [0.5, 0.6) is 0 Å². The molecule has 2 aromatic carbocycles. The van der Waals surface area contributed by atoms with E-state index in [4.69, 9.17) is 22.0 Å². The summed E-state index contributed by atoms with van der Waals surface area (Å²) in [5.74, 6) is 0.997. The fourth-order valence-electron chi connectivity index (χ4n) is 2.16. The highest BCUT2D eigenvalue weighted by Gasteiger charge is 2.08. The molecule has 0 fully saturated rings. The van der Waals surface area contributed by atoms with Crippen LogP contribution in [-0.2, 0) is 13.0 Å². The highest BCUT2D eigenvalue weighted by atomic mass is 32.1. The number of rotatable bonds is 5. The van der Waals surface area contributed by atoms with Gasteiger partial charge in [-0.05, 0) is 29.9 Å². The van der Waals surface area contributed by atoms with Gasteiger partial charge in [-0.15, -0.1) is 0 Å². The largest absolute Gasteiger partial charge is 0.353 e. The Balaban J connectivity index is 1.52. The van der Waals surface area contributed by atoms with Gasteiger partial charge in [0.15, 0.2) is 5.11 Å². The first kappa shape index (κ1) is 16.6. The van der Waals surface area contributed by atoms with Gasteiger partial charge in [-0.3, -0.25) is 0 Å². The third-order valence-corrected chi connectivity index (χ3v) is 3.64. The minimum atomic E-state index is 0.332. The average Bonchev–Trinajstić information content (AvgIpc) is 3.12. The highest BCUT2D eigenvalue weighted by molar-refractivity contribution is 7.80. The van der Waals surface area contributed by atoms with Crippen LogP contribution in [0, 0.1) is 11.3 Å². The van der Waals surface area contributed by atoms with Gasteiger partial charge in [0, 0.05) is 11.3 Å². The van der Waals surface area contributed by atoms with Crippen molar-refractivity contribution in [2.75, 3.05) is 5.32 Å². The zero-order chi connectivity index (χ0) is 17.5. The van der Waals surface area contributed by atoms with Crippen molar-refractivity contribution < 1.29 is 4.52 Å². The van der Waals surface area contributed by atoms with E-state index >= 15 is 0 Å². The lowest BCUT2D eigenvalue weighted by molar-refractivity contribution is 0.376. The molecule has 1 aromatic heterocycles. The fraction of sp³-hybridized carbons (Fsp3) is 0.111. The maximum atomic E-state index is 8.67. The molecule has 25 heavy (non-hydrogen) atoms. The van der Waals surface area contributed by atoms with Gasteiger partial charge in [-0.25, -0.2) is 0 Å². The Bertz CT molecular complexity index is 884. The first-order valence-electron chi connectivity index (χ1n) is 7.63. The van der Waals surface area contributed by atoms with E-state index < -0.39 is 0 Å².